The molecule has 0 bridgehead atoms. The second-order valence-electron chi connectivity index (χ2n) is 5.81. The number of piperazine rings is 1. The summed E-state index contributed by atoms with van der Waals surface area (Å²) in [5, 5.41) is 3.21. The topological polar surface area (TPSA) is 44.8 Å². The monoisotopic (exact) mass is 305 g/mol. The summed E-state index contributed by atoms with van der Waals surface area (Å²) in [5.74, 6) is -0.251. The number of aryl methyl sites for hydroxylation is 1. The number of esters is 1. The lowest BCUT2D eigenvalue weighted by Crippen LogP contribution is -2.46. The Morgan fingerprint density at radius 2 is 2.00 bits per heavy atom. The number of methoxy groups -OCH3 is 1. The average Bonchev–Trinajstić information content (AvgIpc) is 2.55. The van der Waals surface area contributed by atoms with Crippen molar-refractivity contribution in [3.63, 3.8) is 0 Å². The Bertz CT molecular complexity index is 511. The zero-order valence-electron chi connectivity index (χ0n) is 14.1. The third kappa shape index (κ3) is 3.91. The van der Waals surface area contributed by atoms with Crippen LogP contribution in [0.4, 0.5) is 11.4 Å². The summed E-state index contributed by atoms with van der Waals surface area (Å²) in [5.41, 5.74) is 3.38. The van der Waals surface area contributed by atoms with Crippen LogP contribution in [0.15, 0.2) is 18.2 Å². The van der Waals surface area contributed by atoms with Crippen molar-refractivity contribution >= 4 is 17.3 Å². The fourth-order valence-electron chi connectivity index (χ4n) is 2.80. The van der Waals surface area contributed by atoms with Crippen LogP contribution >= 0.6 is 0 Å². The predicted molar refractivity (Wildman–Crippen MR) is 90.6 cm³/mol. The molecule has 0 aromatic heterocycles. The average molecular weight is 305 g/mol. The van der Waals surface area contributed by atoms with E-state index in [0.29, 0.717) is 0 Å². The Hall–Kier alpha value is -1.75. The van der Waals surface area contributed by atoms with Crippen LogP contribution in [-0.4, -0.2) is 56.7 Å². The fraction of sp³-hybridized carbons (Fsp3) is 0.588. The van der Waals surface area contributed by atoms with Gasteiger partial charge >= 0.3 is 5.97 Å². The molecule has 1 aliphatic heterocycles. The van der Waals surface area contributed by atoms with Gasteiger partial charge in [0.1, 0.15) is 6.04 Å². The number of carbonyl (C=O) groups is 1. The van der Waals surface area contributed by atoms with Gasteiger partial charge in [-0.3, -0.25) is 0 Å². The molecule has 122 valence electrons. The molecule has 1 aromatic carbocycles. The van der Waals surface area contributed by atoms with Gasteiger partial charge in [-0.1, -0.05) is 6.92 Å². The van der Waals surface area contributed by atoms with Crippen molar-refractivity contribution in [3.05, 3.63) is 23.8 Å². The number of nitrogens with one attached hydrogen (secondary N) is 1. The van der Waals surface area contributed by atoms with Gasteiger partial charge in [-0.2, -0.15) is 0 Å². The third-order valence-corrected chi connectivity index (χ3v) is 4.32. The van der Waals surface area contributed by atoms with Crippen molar-refractivity contribution in [1.82, 2.24) is 4.90 Å². The SMILES string of the molecule is CCN1CCN(c2ccc(N[C@@H](C)C(=O)OC)c(C)c2)CC1. The minimum atomic E-state index is -0.345. The molecule has 5 heteroatoms. The summed E-state index contributed by atoms with van der Waals surface area (Å²) >= 11 is 0. The van der Waals surface area contributed by atoms with Crippen molar-refractivity contribution in [2.24, 2.45) is 0 Å². The van der Waals surface area contributed by atoms with Gasteiger partial charge in [0.25, 0.3) is 0 Å². The lowest BCUT2D eigenvalue weighted by Gasteiger charge is -2.35. The summed E-state index contributed by atoms with van der Waals surface area (Å²) in [4.78, 5) is 16.4. The zero-order valence-corrected chi connectivity index (χ0v) is 14.1. The first-order valence-electron chi connectivity index (χ1n) is 7.97. The first-order valence-corrected chi connectivity index (χ1v) is 7.97. The standard InChI is InChI=1S/C17H27N3O2/c1-5-19-8-10-20(11-9-19)15-6-7-16(13(2)12-15)18-14(3)17(21)22-4/h6-7,12,14,18H,5,8-11H2,1-4H3/t14-/m0/s1. The van der Waals surface area contributed by atoms with E-state index < -0.39 is 0 Å². The summed E-state index contributed by atoms with van der Waals surface area (Å²) < 4.78 is 4.75. The molecule has 1 saturated heterocycles. The van der Waals surface area contributed by atoms with Gasteiger partial charge in [0.2, 0.25) is 0 Å². The van der Waals surface area contributed by atoms with Gasteiger partial charge in [-0.25, -0.2) is 4.79 Å². The van der Waals surface area contributed by atoms with E-state index in [9.17, 15) is 4.79 Å². The molecule has 1 aromatic rings. The highest BCUT2D eigenvalue weighted by atomic mass is 16.5. The smallest absolute Gasteiger partial charge is 0.327 e. The minimum Gasteiger partial charge on any atom is -0.467 e. The zero-order chi connectivity index (χ0) is 16.1. The van der Waals surface area contributed by atoms with Crippen molar-refractivity contribution in [2.45, 2.75) is 26.8 Å². The highest BCUT2D eigenvalue weighted by Crippen LogP contribution is 2.24. The molecule has 22 heavy (non-hydrogen) atoms. The van der Waals surface area contributed by atoms with Crippen LogP contribution < -0.4 is 10.2 Å². The Morgan fingerprint density at radius 3 is 2.55 bits per heavy atom. The molecule has 0 spiro atoms. The van der Waals surface area contributed by atoms with E-state index in [-0.39, 0.29) is 12.0 Å². The Kier molecular flexibility index (Phi) is 5.66. The van der Waals surface area contributed by atoms with Crippen LogP contribution in [0.3, 0.4) is 0 Å². The number of carbonyl (C=O) groups excluding carboxylic acids is 1. The quantitative estimate of drug-likeness (QED) is 0.844. The van der Waals surface area contributed by atoms with Gasteiger partial charge < -0.3 is 19.9 Å². The van der Waals surface area contributed by atoms with Gasteiger partial charge in [-0.15, -0.1) is 0 Å². The maximum Gasteiger partial charge on any atom is 0.327 e. The highest BCUT2D eigenvalue weighted by molar-refractivity contribution is 5.79. The van der Waals surface area contributed by atoms with Crippen LogP contribution in [0.2, 0.25) is 0 Å². The molecular weight excluding hydrogens is 278 g/mol. The number of anilines is 2. The van der Waals surface area contributed by atoms with Crippen LogP contribution in [0.25, 0.3) is 0 Å². The number of benzene rings is 1. The molecule has 1 atom stereocenters. The Morgan fingerprint density at radius 1 is 1.32 bits per heavy atom. The van der Waals surface area contributed by atoms with Crippen molar-refractivity contribution < 1.29 is 9.53 Å². The lowest BCUT2D eigenvalue weighted by atomic mass is 10.1. The van der Waals surface area contributed by atoms with Gasteiger partial charge in [0.05, 0.1) is 7.11 Å². The molecule has 1 heterocycles. The van der Waals surface area contributed by atoms with Crippen LogP contribution in [0, 0.1) is 6.92 Å². The van der Waals surface area contributed by atoms with Crippen molar-refractivity contribution in [2.75, 3.05) is 50.1 Å². The molecule has 1 aliphatic rings. The second-order valence-corrected chi connectivity index (χ2v) is 5.81. The van der Waals surface area contributed by atoms with E-state index in [1.807, 2.05) is 6.92 Å². The highest BCUT2D eigenvalue weighted by Gasteiger charge is 2.17. The number of ether oxygens (including phenoxy) is 1. The molecule has 2 rings (SSSR count). The summed E-state index contributed by atoms with van der Waals surface area (Å²) in [6, 6.07) is 6.02. The number of rotatable bonds is 5. The maximum absolute atomic E-state index is 11.5. The van der Waals surface area contributed by atoms with Crippen molar-refractivity contribution in [1.29, 1.82) is 0 Å². The van der Waals surface area contributed by atoms with E-state index in [0.717, 1.165) is 44.0 Å². The third-order valence-electron chi connectivity index (χ3n) is 4.32. The second kappa shape index (κ2) is 7.49. The fourth-order valence-corrected chi connectivity index (χ4v) is 2.80. The van der Waals surface area contributed by atoms with E-state index in [1.54, 1.807) is 0 Å². The van der Waals surface area contributed by atoms with Crippen LogP contribution in [-0.2, 0) is 9.53 Å². The number of hydrogen-bond donors (Lipinski definition) is 1. The first-order chi connectivity index (χ1) is 10.5. The number of likely N-dealkylation sites (N-methyl/N-ethyl adjacent to an activating group) is 1. The van der Waals surface area contributed by atoms with E-state index >= 15 is 0 Å². The molecule has 0 unspecified atom stereocenters. The van der Waals surface area contributed by atoms with Gasteiger partial charge in [0, 0.05) is 37.6 Å². The molecule has 1 N–H and O–H groups in total. The predicted octanol–water partition coefficient (Wildman–Crippen LogP) is 2.11. The van der Waals surface area contributed by atoms with E-state index in [1.165, 1.54) is 12.8 Å². The molecule has 0 radical (unpaired) electrons. The Labute approximate surface area is 133 Å². The normalized spacial score (nSPS) is 17.2. The van der Waals surface area contributed by atoms with Crippen molar-refractivity contribution in [3.8, 4) is 0 Å². The number of hydrogen-bond acceptors (Lipinski definition) is 5. The molecule has 0 aliphatic carbocycles. The summed E-state index contributed by atoms with van der Waals surface area (Å²) in [6.45, 7) is 11.6. The van der Waals surface area contributed by atoms with E-state index in [4.69, 9.17) is 4.74 Å². The molecular formula is C17H27N3O2. The number of nitrogens with zero attached hydrogens (tertiary/aromatic N) is 2. The van der Waals surface area contributed by atoms with Crippen LogP contribution in [0.5, 0.6) is 0 Å². The molecule has 0 saturated carbocycles. The molecule has 1 fully saturated rings. The first kappa shape index (κ1) is 16.6. The lowest BCUT2D eigenvalue weighted by molar-refractivity contribution is -0.141. The van der Waals surface area contributed by atoms with Gasteiger partial charge in [-0.05, 0) is 44.2 Å². The summed E-state index contributed by atoms with van der Waals surface area (Å²) in [7, 11) is 1.41. The maximum atomic E-state index is 11.5. The van der Waals surface area contributed by atoms with Gasteiger partial charge in [0.15, 0.2) is 0 Å². The largest absolute Gasteiger partial charge is 0.467 e. The molecule has 5 nitrogen and oxygen atoms in total. The van der Waals surface area contributed by atoms with E-state index in [2.05, 4.69) is 47.2 Å². The minimum absolute atomic E-state index is 0.251. The van der Waals surface area contributed by atoms with Crippen LogP contribution in [0.1, 0.15) is 19.4 Å². The Balaban J connectivity index is 2.02. The summed E-state index contributed by atoms with van der Waals surface area (Å²) in [6.07, 6.45) is 0. The molecule has 0 amide bonds.